The van der Waals surface area contributed by atoms with E-state index in [9.17, 15) is 24.6 Å². The zero-order valence-electron chi connectivity index (χ0n) is 27.3. The molecule has 11 heteroatoms. The Morgan fingerprint density at radius 1 is 0.957 bits per heavy atom. The molecule has 3 aliphatic rings. The quantitative estimate of drug-likeness (QED) is 0.205. The molecule has 0 saturated carbocycles. The second kappa shape index (κ2) is 12.6. The Balaban J connectivity index is 0.00000417. The van der Waals surface area contributed by atoms with Crippen LogP contribution in [0.25, 0.3) is 22.1 Å². The molecule has 0 fully saturated rings. The van der Waals surface area contributed by atoms with Gasteiger partial charge in [-0.25, -0.2) is 0 Å². The number of aromatic nitrogens is 4. The molecule has 2 N–H and O–H groups in total. The molecule has 3 aromatic heterocycles. The number of carbonyl (C=O) groups excluding carboxylic acids is 2. The Labute approximate surface area is 283 Å². The number of fused-ring (bicyclic) bond motifs is 8. The number of aliphatic hydroxyl groups excluding tert-OH is 1. The van der Waals surface area contributed by atoms with Crippen LogP contribution in [-0.2, 0) is 14.3 Å². The standard InChI is InChI=1S/C35H40N4O6.Mg/c1-8-19-14(2)21-13-26-28(18(6)40)16(4)23(37-26)11-22-15(3)20(9-10-27(41)42)32(38-22)30-31(35(44)45-7)34(43)29-17(5)24(39-33(29)30)12-25(19)36-21;/h11-15,18-20,31,40H,8-10H2,1-7H3,(H3,36,37,38,39,41,42,43);/q;+2/p-2/t14-,15+,18?,19-,20+,31-;/m1./s1. The first-order chi connectivity index (χ1) is 21.4. The number of hydrogen-bond acceptors (Lipinski definition) is 7. The minimum absolute atomic E-state index is 0. The maximum Gasteiger partial charge on any atom is 2.00 e. The number of carboxylic acids is 1. The second-order valence-electron chi connectivity index (χ2n) is 12.6. The summed E-state index contributed by atoms with van der Waals surface area (Å²) in [6.07, 6.45) is 0.202. The molecule has 0 radical (unpaired) electrons. The van der Waals surface area contributed by atoms with Crippen LogP contribution < -0.4 is 9.97 Å². The Bertz CT molecular complexity index is 1930. The zero-order valence-corrected chi connectivity index (χ0v) is 28.8. The summed E-state index contributed by atoms with van der Waals surface area (Å²) >= 11 is 0. The van der Waals surface area contributed by atoms with E-state index < -0.39 is 35.7 Å². The van der Waals surface area contributed by atoms with Crippen LogP contribution in [0.1, 0.15) is 138 Å². The van der Waals surface area contributed by atoms with Crippen molar-refractivity contribution in [2.45, 2.75) is 96.5 Å². The van der Waals surface area contributed by atoms with E-state index in [1.807, 2.05) is 39.0 Å². The molecule has 8 bridgehead atoms. The van der Waals surface area contributed by atoms with E-state index in [4.69, 9.17) is 24.7 Å². The van der Waals surface area contributed by atoms with Crippen LogP contribution in [0.5, 0.6) is 0 Å². The van der Waals surface area contributed by atoms with Crippen molar-refractivity contribution >= 4 is 62.8 Å². The van der Waals surface area contributed by atoms with Crippen molar-refractivity contribution < 1.29 is 29.3 Å². The van der Waals surface area contributed by atoms with E-state index in [1.54, 1.807) is 6.92 Å². The van der Waals surface area contributed by atoms with Gasteiger partial charge >= 0.3 is 35.0 Å². The fraction of sp³-hybridized carbons (Fsp3) is 0.457. The van der Waals surface area contributed by atoms with E-state index in [0.29, 0.717) is 55.7 Å². The molecule has 3 aromatic rings. The van der Waals surface area contributed by atoms with Gasteiger partial charge in [0.15, 0.2) is 5.78 Å². The van der Waals surface area contributed by atoms with Gasteiger partial charge in [0.25, 0.3) is 0 Å². The van der Waals surface area contributed by atoms with Crippen LogP contribution in [0, 0.1) is 13.8 Å². The fourth-order valence-corrected chi connectivity index (χ4v) is 7.55. The molecule has 6 atom stereocenters. The average molecular weight is 635 g/mol. The molecule has 0 amide bonds. The first-order valence-corrected chi connectivity index (χ1v) is 15.6. The van der Waals surface area contributed by atoms with Crippen LogP contribution in [0.15, 0.2) is 18.2 Å². The number of aliphatic hydroxyl groups is 1. The van der Waals surface area contributed by atoms with Gasteiger partial charge in [-0.2, -0.15) is 0 Å². The van der Waals surface area contributed by atoms with E-state index in [1.165, 1.54) is 7.11 Å². The third-order valence-electron chi connectivity index (χ3n) is 10.1. The maximum absolute atomic E-state index is 14.0. The van der Waals surface area contributed by atoms with Crippen LogP contribution >= 0.6 is 0 Å². The Morgan fingerprint density at radius 2 is 1.57 bits per heavy atom. The molecule has 0 spiro atoms. The fourth-order valence-electron chi connectivity index (χ4n) is 7.55. The SMILES string of the molecule is CC[C@H]1c2cc3[n-]c4c(c3C)C(=O)[C@H](C(=O)OC)c4c3nc(cc4[n-]c(cc(n2)[C@@H]1C)c(C(C)O)c4C)[C@@H](C)[C@@H]3CCC(=O)O.[Mg+2]. The third kappa shape index (κ3) is 5.26. The van der Waals surface area contributed by atoms with Gasteiger partial charge in [-0.3, -0.25) is 24.4 Å². The molecule has 236 valence electrons. The number of methoxy groups -OCH3 is 1. The molecule has 5 heterocycles. The number of ketones is 1. The van der Waals surface area contributed by atoms with Crippen molar-refractivity contribution in [1.82, 2.24) is 19.9 Å². The molecular weight excluding hydrogens is 597 g/mol. The molecule has 1 aliphatic carbocycles. The number of rotatable bonds is 6. The minimum atomic E-state index is -1.24. The van der Waals surface area contributed by atoms with Crippen molar-refractivity contribution in [3.8, 4) is 0 Å². The predicted molar refractivity (Wildman–Crippen MR) is 173 cm³/mol. The monoisotopic (exact) mass is 634 g/mol. The largest absolute Gasteiger partial charge is 2.00 e. The van der Waals surface area contributed by atoms with Gasteiger partial charge in [-0.1, -0.05) is 50.1 Å². The van der Waals surface area contributed by atoms with Gasteiger partial charge in [0.1, 0.15) is 5.92 Å². The molecular formula is C35H38MgN4O6. The Hall–Kier alpha value is -3.54. The summed E-state index contributed by atoms with van der Waals surface area (Å²) in [6, 6.07) is 5.76. The van der Waals surface area contributed by atoms with Crippen molar-refractivity contribution in [3.05, 3.63) is 68.8 Å². The van der Waals surface area contributed by atoms with Crippen LogP contribution in [0.3, 0.4) is 0 Å². The summed E-state index contributed by atoms with van der Waals surface area (Å²) in [7, 11) is 1.25. The number of Topliss-reactive ketones (excluding diaryl/α,β-unsaturated/α-hetero) is 1. The van der Waals surface area contributed by atoms with Crippen molar-refractivity contribution in [2.75, 3.05) is 7.11 Å². The van der Waals surface area contributed by atoms with Crippen molar-refractivity contribution in [2.24, 2.45) is 0 Å². The third-order valence-corrected chi connectivity index (χ3v) is 10.1. The molecule has 0 aromatic carbocycles. The molecule has 0 saturated heterocycles. The molecule has 46 heavy (non-hydrogen) atoms. The number of carbonyl (C=O) groups is 3. The number of hydrogen-bond donors (Lipinski definition) is 2. The normalized spacial score (nSPS) is 22.4. The summed E-state index contributed by atoms with van der Waals surface area (Å²) in [6.45, 7) is 11.7. The summed E-state index contributed by atoms with van der Waals surface area (Å²) < 4.78 is 5.12. The van der Waals surface area contributed by atoms with Gasteiger partial charge < -0.3 is 24.9 Å². The van der Waals surface area contributed by atoms with Crippen molar-refractivity contribution in [3.63, 3.8) is 0 Å². The maximum atomic E-state index is 14.0. The number of carboxylic acid groups (broad SMARTS) is 1. The molecule has 1 unspecified atom stereocenters. The topological polar surface area (TPSA) is 155 Å². The van der Waals surface area contributed by atoms with Gasteiger partial charge in [-0.15, -0.1) is 22.1 Å². The second-order valence-corrected chi connectivity index (χ2v) is 12.6. The summed E-state index contributed by atoms with van der Waals surface area (Å²) in [5, 5.41) is 20.4. The Kier molecular flexibility index (Phi) is 9.24. The molecule has 10 nitrogen and oxygen atoms in total. The first-order valence-electron chi connectivity index (χ1n) is 15.6. The minimum Gasteiger partial charge on any atom is -0.657 e. The molecule has 6 rings (SSSR count). The van der Waals surface area contributed by atoms with E-state index >= 15 is 0 Å². The molecule has 2 aliphatic heterocycles. The van der Waals surface area contributed by atoms with Gasteiger partial charge in [0.05, 0.1) is 13.2 Å². The summed E-state index contributed by atoms with van der Waals surface area (Å²) in [5.74, 6) is -3.74. The number of aryl methyl sites for hydroxylation is 2. The van der Waals surface area contributed by atoms with E-state index in [0.717, 1.165) is 23.4 Å². The zero-order chi connectivity index (χ0) is 32.5. The number of ether oxygens (including phenoxy) is 1. The van der Waals surface area contributed by atoms with Crippen LogP contribution in [-0.4, -0.2) is 68.1 Å². The smallest absolute Gasteiger partial charge is 0.657 e. The number of aliphatic carboxylic acids is 1. The average Bonchev–Trinajstić information content (AvgIpc) is 3.72. The van der Waals surface area contributed by atoms with Gasteiger partial charge in [0.2, 0.25) is 0 Å². The van der Waals surface area contributed by atoms with E-state index in [-0.39, 0.29) is 53.6 Å². The number of esters is 1. The van der Waals surface area contributed by atoms with Gasteiger partial charge in [0, 0.05) is 58.4 Å². The van der Waals surface area contributed by atoms with Crippen LogP contribution in [0.2, 0.25) is 0 Å². The van der Waals surface area contributed by atoms with E-state index in [2.05, 4.69) is 13.8 Å². The predicted octanol–water partition coefficient (Wildman–Crippen LogP) is 5.36. The van der Waals surface area contributed by atoms with Crippen LogP contribution in [0.4, 0.5) is 0 Å². The van der Waals surface area contributed by atoms with Gasteiger partial charge in [-0.05, 0) is 44.7 Å². The number of nitrogens with zero attached hydrogens (tertiary/aromatic N) is 4. The summed E-state index contributed by atoms with van der Waals surface area (Å²) in [4.78, 5) is 58.9. The summed E-state index contributed by atoms with van der Waals surface area (Å²) in [5.41, 5.74) is 8.07. The first kappa shape index (κ1) is 33.8. The Morgan fingerprint density at radius 3 is 2.20 bits per heavy atom. The van der Waals surface area contributed by atoms with Crippen molar-refractivity contribution in [1.29, 1.82) is 0 Å².